The second-order valence-corrected chi connectivity index (χ2v) is 7.88. The predicted molar refractivity (Wildman–Crippen MR) is 99.7 cm³/mol. The van der Waals surface area contributed by atoms with Gasteiger partial charge in [0.2, 0.25) is 10.0 Å². The number of sulfonamides is 1. The number of hydrogen-bond donors (Lipinski definition) is 1. The lowest BCUT2D eigenvalue weighted by Crippen LogP contribution is -2.30. The van der Waals surface area contributed by atoms with Crippen LogP contribution in [-0.4, -0.2) is 25.2 Å². The molecule has 0 unspecified atom stereocenters. The minimum Gasteiger partial charge on any atom is -0.350 e. The van der Waals surface area contributed by atoms with Crippen molar-refractivity contribution >= 4 is 21.5 Å². The van der Waals surface area contributed by atoms with E-state index in [-0.39, 0.29) is 11.8 Å². The second kappa shape index (κ2) is 8.15. The van der Waals surface area contributed by atoms with Crippen LogP contribution in [0.3, 0.4) is 0 Å². The molecule has 6 heteroatoms. The first-order valence-corrected chi connectivity index (χ1v) is 9.83. The van der Waals surface area contributed by atoms with Gasteiger partial charge in [0.1, 0.15) is 5.82 Å². The van der Waals surface area contributed by atoms with Crippen LogP contribution in [0.15, 0.2) is 48.7 Å². The lowest BCUT2D eigenvalue weighted by molar-refractivity contribution is 0.600. The molecule has 0 aliphatic heterocycles. The van der Waals surface area contributed by atoms with E-state index < -0.39 is 10.0 Å². The highest BCUT2D eigenvalue weighted by Gasteiger charge is 2.14. The molecule has 0 fully saturated rings. The molecule has 1 aromatic carbocycles. The van der Waals surface area contributed by atoms with Gasteiger partial charge in [-0.05, 0) is 38.0 Å². The van der Waals surface area contributed by atoms with E-state index in [9.17, 15) is 8.42 Å². The molecule has 0 bridgehead atoms. The molecule has 0 saturated carbocycles. The second-order valence-electron chi connectivity index (χ2n) is 6.03. The molecule has 1 heterocycles. The normalized spacial score (nSPS) is 11.5. The van der Waals surface area contributed by atoms with Crippen LogP contribution in [0, 0.1) is 0 Å². The third kappa shape index (κ3) is 5.23. The Hall–Kier alpha value is -2.08. The molecule has 24 heavy (non-hydrogen) atoms. The monoisotopic (exact) mass is 347 g/mol. The zero-order chi connectivity index (χ0) is 17.6. The molecule has 0 atom stereocenters. The van der Waals surface area contributed by atoms with Gasteiger partial charge in [-0.3, -0.25) is 4.72 Å². The topological polar surface area (TPSA) is 62.3 Å². The van der Waals surface area contributed by atoms with Crippen molar-refractivity contribution in [3.8, 4) is 0 Å². The molecule has 0 aliphatic rings. The van der Waals surface area contributed by atoms with E-state index in [1.54, 1.807) is 12.3 Å². The van der Waals surface area contributed by atoms with Crippen LogP contribution in [0.5, 0.6) is 0 Å². The molecule has 5 nitrogen and oxygen atoms in total. The van der Waals surface area contributed by atoms with Crippen molar-refractivity contribution in [2.75, 3.05) is 15.4 Å². The summed E-state index contributed by atoms with van der Waals surface area (Å²) in [5.74, 6) is 0.938. The van der Waals surface area contributed by atoms with Crippen molar-refractivity contribution in [1.82, 2.24) is 4.98 Å². The van der Waals surface area contributed by atoms with E-state index in [1.807, 2.05) is 31.2 Å². The van der Waals surface area contributed by atoms with Crippen molar-refractivity contribution in [3.05, 3.63) is 54.2 Å². The summed E-state index contributed by atoms with van der Waals surface area (Å²) in [6.07, 6.45) is 2.15. The van der Waals surface area contributed by atoms with Crippen LogP contribution >= 0.6 is 0 Å². The number of benzene rings is 1. The van der Waals surface area contributed by atoms with E-state index in [1.165, 1.54) is 5.56 Å². The van der Waals surface area contributed by atoms with Crippen molar-refractivity contribution in [3.63, 3.8) is 0 Å². The Labute approximate surface area is 144 Å². The number of rotatable bonds is 8. The summed E-state index contributed by atoms with van der Waals surface area (Å²) in [4.78, 5) is 6.62. The summed E-state index contributed by atoms with van der Waals surface area (Å²) in [5.41, 5.74) is 1.70. The maximum absolute atomic E-state index is 11.8. The Morgan fingerprint density at radius 2 is 1.83 bits per heavy atom. The van der Waals surface area contributed by atoms with Gasteiger partial charge in [-0.2, -0.15) is 0 Å². The Morgan fingerprint density at radius 1 is 1.12 bits per heavy atom. The van der Waals surface area contributed by atoms with Gasteiger partial charge in [0.05, 0.1) is 17.6 Å². The summed E-state index contributed by atoms with van der Waals surface area (Å²) in [6.45, 7) is 6.82. The Kier molecular flexibility index (Phi) is 6.20. The molecule has 2 rings (SSSR count). The highest BCUT2D eigenvalue weighted by molar-refractivity contribution is 7.92. The Morgan fingerprint density at radius 3 is 2.38 bits per heavy atom. The maximum Gasteiger partial charge on any atom is 0.232 e. The molecule has 0 aliphatic carbocycles. The van der Waals surface area contributed by atoms with E-state index in [4.69, 9.17) is 0 Å². The van der Waals surface area contributed by atoms with Crippen molar-refractivity contribution in [2.24, 2.45) is 0 Å². The summed E-state index contributed by atoms with van der Waals surface area (Å²) >= 11 is 0. The van der Waals surface area contributed by atoms with Crippen LogP contribution in [0.2, 0.25) is 0 Å². The number of pyridine rings is 1. The van der Waals surface area contributed by atoms with Gasteiger partial charge in [0, 0.05) is 12.6 Å². The lowest BCUT2D eigenvalue weighted by atomic mass is 10.2. The van der Waals surface area contributed by atoms with Crippen LogP contribution in [0.25, 0.3) is 0 Å². The number of nitrogens with zero attached hydrogens (tertiary/aromatic N) is 2. The van der Waals surface area contributed by atoms with Crippen molar-refractivity contribution in [1.29, 1.82) is 0 Å². The minimum atomic E-state index is -3.29. The van der Waals surface area contributed by atoms with E-state index >= 15 is 0 Å². The third-order valence-electron chi connectivity index (χ3n) is 3.61. The third-order valence-corrected chi connectivity index (χ3v) is 5.10. The summed E-state index contributed by atoms with van der Waals surface area (Å²) in [5, 5.41) is 0. The van der Waals surface area contributed by atoms with Crippen molar-refractivity contribution in [2.45, 2.75) is 39.8 Å². The summed E-state index contributed by atoms with van der Waals surface area (Å²) < 4.78 is 26.2. The van der Waals surface area contributed by atoms with Crippen LogP contribution in [0.4, 0.5) is 11.5 Å². The van der Waals surface area contributed by atoms with Crippen LogP contribution in [0.1, 0.15) is 32.8 Å². The van der Waals surface area contributed by atoms with E-state index in [0.717, 1.165) is 12.4 Å². The zero-order valence-electron chi connectivity index (χ0n) is 14.4. The molecular formula is C18H25N3O2S. The number of nitrogens with one attached hydrogen (secondary N) is 1. The van der Waals surface area contributed by atoms with Gasteiger partial charge in [-0.15, -0.1) is 0 Å². The van der Waals surface area contributed by atoms with Crippen LogP contribution < -0.4 is 9.62 Å². The first-order valence-electron chi connectivity index (χ1n) is 8.18. The molecule has 1 aromatic heterocycles. The number of hydrogen-bond acceptors (Lipinski definition) is 4. The highest BCUT2D eigenvalue weighted by atomic mass is 32.2. The lowest BCUT2D eigenvalue weighted by Gasteiger charge is -2.28. The highest BCUT2D eigenvalue weighted by Crippen LogP contribution is 2.20. The summed E-state index contributed by atoms with van der Waals surface area (Å²) in [6, 6.07) is 14.1. The first-order chi connectivity index (χ1) is 11.4. The fourth-order valence-corrected chi connectivity index (χ4v) is 3.54. The van der Waals surface area contributed by atoms with Gasteiger partial charge < -0.3 is 4.90 Å². The number of anilines is 2. The Bertz CT molecular complexity index is 729. The van der Waals surface area contributed by atoms with E-state index in [0.29, 0.717) is 12.1 Å². The molecule has 1 N–H and O–H groups in total. The average molecular weight is 347 g/mol. The molecule has 0 amide bonds. The number of aromatic nitrogens is 1. The van der Waals surface area contributed by atoms with Gasteiger partial charge in [0.25, 0.3) is 0 Å². The largest absolute Gasteiger partial charge is 0.350 e. The fourth-order valence-electron chi connectivity index (χ4n) is 2.42. The van der Waals surface area contributed by atoms with E-state index in [2.05, 4.69) is 40.6 Å². The van der Waals surface area contributed by atoms with Gasteiger partial charge in [-0.1, -0.05) is 37.3 Å². The SMILES string of the molecule is CCCS(=O)(=O)Nc1ccc(N(Cc2ccccc2)C(C)C)nc1. The standard InChI is InChI=1S/C18H25N3O2S/c1-4-12-24(22,23)20-17-10-11-18(19-13-17)21(15(2)3)14-16-8-6-5-7-9-16/h5-11,13,15,20H,4,12,14H2,1-3H3. The first kappa shape index (κ1) is 18.3. The predicted octanol–water partition coefficient (Wildman–Crippen LogP) is 3.65. The zero-order valence-corrected chi connectivity index (χ0v) is 15.3. The fraction of sp³-hybridized carbons (Fsp3) is 0.389. The summed E-state index contributed by atoms with van der Waals surface area (Å²) in [7, 11) is -3.29. The van der Waals surface area contributed by atoms with Gasteiger partial charge in [0.15, 0.2) is 0 Å². The molecule has 0 radical (unpaired) electrons. The molecule has 2 aromatic rings. The molecule has 130 valence electrons. The van der Waals surface area contributed by atoms with Crippen molar-refractivity contribution < 1.29 is 8.42 Å². The van der Waals surface area contributed by atoms with Crippen LogP contribution in [-0.2, 0) is 16.6 Å². The quantitative estimate of drug-likeness (QED) is 0.792. The molecule has 0 spiro atoms. The van der Waals surface area contributed by atoms with Gasteiger partial charge in [-0.25, -0.2) is 13.4 Å². The average Bonchev–Trinajstić information content (AvgIpc) is 2.54. The van der Waals surface area contributed by atoms with Gasteiger partial charge >= 0.3 is 0 Å². The smallest absolute Gasteiger partial charge is 0.232 e. The Balaban J connectivity index is 2.14. The molecular weight excluding hydrogens is 322 g/mol. The minimum absolute atomic E-state index is 0.112. The maximum atomic E-state index is 11.8. The molecule has 0 saturated heterocycles.